The zero-order chi connectivity index (χ0) is 6.15. The molecule has 0 aromatic heterocycles. The SMILES string of the molecule is CC1C(N)CON1C. The van der Waals surface area contributed by atoms with E-state index in [1.54, 1.807) is 5.06 Å². The van der Waals surface area contributed by atoms with Crippen LogP contribution in [0.2, 0.25) is 0 Å². The Morgan fingerprint density at radius 1 is 1.75 bits per heavy atom. The van der Waals surface area contributed by atoms with Crippen molar-refractivity contribution in [1.82, 2.24) is 5.06 Å². The topological polar surface area (TPSA) is 38.5 Å². The molecule has 2 N–H and O–H groups in total. The van der Waals surface area contributed by atoms with Crippen LogP contribution >= 0.6 is 0 Å². The molecule has 1 aliphatic rings. The Balaban J connectivity index is 2.44. The van der Waals surface area contributed by atoms with Crippen LogP contribution in [0, 0.1) is 0 Å². The van der Waals surface area contributed by atoms with Gasteiger partial charge in [0.25, 0.3) is 0 Å². The second-order valence-corrected chi connectivity index (χ2v) is 2.25. The lowest BCUT2D eigenvalue weighted by Gasteiger charge is -2.13. The normalized spacial score (nSPS) is 40.9. The van der Waals surface area contributed by atoms with Crippen LogP contribution in [-0.2, 0) is 4.84 Å². The lowest BCUT2D eigenvalue weighted by atomic mass is 10.2. The summed E-state index contributed by atoms with van der Waals surface area (Å²) in [6.45, 7) is 2.72. The predicted octanol–water partition coefficient (Wildman–Crippen LogP) is -0.421. The minimum atomic E-state index is 0.194. The fraction of sp³-hybridized carbons (Fsp3) is 1.00. The smallest absolute Gasteiger partial charge is 0.0852 e. The molecule has 3 heteroatoms. The van der Waals surface area contributed by atoms with E-state index in [4.69, 9.17) is 10.6 Å². The van der Waals surface area contributed by atoms with Gasteiger partial charge in [-0.05, 0) is 6.92 Å². The van der Waals surface area contributed by atoms with Gasteiger partial charge in [0.15, 0.2) is 0 Å². The van der Waals surface area contributed by atoms with E-state index in [-0.39, 0.29) is 6.04 Å². The molecule has 1 saturated heterocycles. The van der Waals surface area contributed by atoms with Gasteiger partial charge in [-0.25, -0.2) is 0 Å². The molecule has 3 nitrogen and oxygen atoms in total. The van der Waals surface area contributed by atoms with E-state index in [0.29, 0.717) is 12.6 Å². The van der Waals surface area contributed by atoms with E-state index in [1.165, 1.54) is 0 Å². The van der Waals surface area contributed by atoms with Crippen molar-refractivity contribution in [2.24, 2.45) is 5.73 Å². The first-order valence-corrected chi connectivity index (χ1v) is 2.83. The van der Waals surface area contributed by atoms with Gasteiger partial charge in [-0.3, -0.25) is 4.84 Å². The van der Waals surface area contributed by atoms with Gasteiger partial charge in [-0.1, -0.05) is 0 Å². The summed E-state index contributed by atoms with van der Waals surface area (Å²) >= 11 is 0. The summed E-state index contributed by atoms with van der Waals surface area (Å²) in [6, 6.07) is 0.565. The molecule has 1 heterocycles. The molecule has 0 spiro atoms. The Hall–Kier alpha value is -0.120. The fourth-order valence-electron chi connectivity index (χ4n) is 0.730. The van der Waals surface area contributed by atoms with Gasteiger partial charge in [-0.15, -0.1) is 0 Å². The van der Waals surface area contributed by atoms with Crippen LogP contribution in [0.3, 0.4) is 0 Å². The molecule has 1 rings (SSSR count). The second kappa shape index (κ2) is 2.01. The van der Waals surface area contributed by atoms with Crippen molar-refractivity contribution >= 4 is 0 Å². The van der Waals surface area contributed by atoms with Gasteiger partial charge in [0.2, 0.25) is 0 Å². The molecular formula is C5H12N2O. The van der Waals surface area contributed by atoms with Crippen LogP contribution in [0.5, 0.6) is 0 Å². The van der Waals surface area contributed by atoms with Gasteiger partial charge < -0.3 is 5.73 Å². The van der Waals surface area contributed by atoms with E-state index in [1.807, 2.05) is 7.05 Å². The number of likely N-dealkylation sites (N-methyl/N-ethyl adjacent to an activating group) is 1. The largest absolute Gasteiger partial charge is 0.324 e. The van der Waals surface area contributed by atoms with Crippen molar-refractivity contribution in [2.75, 3.05) is 13.7 Å². The van der Waals surface area contributed by atoms with Crippen LogP contribution in [0.25, 0.3) is 0 Å². The summed E-state index contributed by atoms with van der Waals surface area (Å²) in [5.41, 5.74) is 5.60. The highest BCUT2D eigenvalue weighted by Crippen LogP contribution is 2.08. The Kier molecular flexibility index (Phi) is 1.51. The average Bonchev–Trinajstić information content (AvgIpc) is 1.98. The first-order valence-electron chi connectivity index (χ1n) is 2.83. The third-order valence-corrected chi connectivity index (χ3v) is 1.66. The summed E-state index contributed by atoms with van der Waals surface area (Å²) < 4.78 is 0. The molecule has 48 valence electrons. The van der Waals surface area contributed by atoms with Crippen LogP contribution in [0.1, 0.15) is 6.92 Å². The summed E-state index contributed by atoms with van der Waals surface area (Å²) in [4.78, 5) is 5.09. The maximum atomic E-state index is 5.60. The quantitative estimate of drug-likeness (QED) is 0.467. The van der Waals surface area contributed by atoms with Gasteiger partial charge >= 0.3 is 0 Å². The molecule has 2 unspecified atom stereocenters. The molecule has 0 aromatic carbocycles. The molecule has 0 aliphatic carbocycles. The fourth-order valence-corrected chi connectivity index (χ4v) is 0.730. The van der Waals surface area contributed by atoms with Crippen LogP contribution in [0.15, 0.2) is 0 Å². The van der Waals surface area contributed by atoms with E-state index >= 15 is 0 Å². The number of hydrogen-bond donors (Lipinski definition) is 1. The van der Waals surface area contributed by atoms with Crippen molar-refractivity contribution in [2.45, 2.75) is 19.0 Å². The third kappa shape index (κ3) is 0.844. The van der Waals surface area contributed by atoms with E-state index in [2.05, 4.69) is 6.92 Å². The molecule has 0 aromatic rings. The first kappa shape index (κ1) is 6.01. The molecule has 1 aliphatic heterocycles. The Labute approximate surface area is 49.4 Å². The molecule has 0 radical (unpaired) electrons. The number of nitrogens with zero attached hydrogens (tertiary/aromatic N) is 1. The number of rotatable bonds is 0. The maximum absolute atomic E-state index is 5.60. The average molecular weight is 116 g/mol. The first-order chi connectivity index (χ1) is 3.72. The molecular weight excluding hydrogens is 104 g/mol. The van der Waals surface area contributed by atoms with Gasteiger partial charge in [0, 0.05) is 19.1 Å². The van der Waals surface area contributed by atoms with Crippen molar-refractivity contribution < 1.29 is 4.84 Å². The molecule has 1 fully saturated rings. The summed E-state index contributed by atoms with van der Waals surface area (Å²) in [5, 5.41) is 1.80. The number of hydroxylamine groups is 2. The Bertz CT molecular complexity index is 76.5. The van der Waals surface area contributed by atoms with Gasteiger partial charge in [0.1, 0.15) is 0 Å². The molecule has 0 amide bonds. The lowest BCUT2D eigenvalue weighted by molar-refractivity contribution is -0.106. The highest BCUT2D eigenvalue weighted by molar-refractivity contribution is 4.76. The van der Waals surface area contributed by atoms with Crippen molar-refractivity contribution in [3.05, 3.63) is 0 Å². The zero-order valence-corrected chi connectivity index (χ0v) is 5.29. The van der Waals surface area contributed by atoms with Crippen molar-refractivity contribution in [3.8, 4) is 0 Å². The standard InChI is InChI=1S/C5H12N2O/c1-4-5(6)3-8-7(4)2/h4-5H,3,6H2,1-2H3. The van der Waals surface area contributed by atoms with E-state index in [9.17, 15) is 0 Å². The van der Waals surface area contributed by atoms with Gasteiger partial charge in [-0.2, -0.15) is 5.06 Å². The van der Waals surface area contributed by atoms with E-state index < -0.39 is 0 Å². The third-order valence-electron chi connectivity index (χ3n) is 1.66. The number of nitrogens with two attached hydrogens (primary N) is 1. The van der Waals surface area contributed by atoms with Crippen LogP contribution in [0.4, 0.5) is 0 Å². The monoisotopic (exact) mass is 116 g/mol. The van der Waals surface area contributed by atoms with Crippen molar-refractivity contribution in [3.63, 3.8) is 0 Å². The van der Waals surface area contributed by atoms with Crippen LogP contribution < -0.4 is 5.73 Å². The predicted molar refractivity (Wildman–Crippen MR) is 31.2 cm³/mol. The summed E-state index contributed by atoms with van der Waals surface area (Å²) in [5.74, 6) is 0. The lowest BCUT2D eigenvalue weighted by Crippen LogP contribution is -2.35. The second-order valence-electron chi connectivity index (χ2n) is 2.25. The highest BCUT2D eigenvalue weighted by Gasteiger charge is 2.25. The number of hydrogen-bond acceptors (Lipinski definition) is 3. The minimum absolute atomic E-state index is 0.194. The highest BCUT2D eigenvalue weighted by atomic mass is 16.7. The molecule has 8 heavy (non-hydrogen) atoms. The molecule has 0 saturated carbocycles. The van der Waals surface area contributed by atoms with Crippen LogP contribution in [-0.4, -0.2) is 30.8 Å². The zero-order valence-electron chi connectivity index (χ0n) is 5.29. The summed E-state index contributed by atoms with van der Waals surface area (Å²) in [6.07, 6.45) is 0. The van der Waals surface area contributed by atoms with Gasteiger partial charge in [0.05, 0.1) is 6.61 Å². The molecule has 0 bridgehead atoms. The molecule has 2 atom stereocenters. The maximum Gasteiger partial charge on any atom is 0.0852 e. The van der Waals surface area contributed by atoms with Crippen molar-refractivity contribution in [1.29, 1.82) is 0 Å². The summed E-state index contributed by atoms with van der Waals surface area (Å²) in [7, 11) is 1.90. The minimum Gasteiger partial charge on any atom is -0.324 e. The van der Waals surface area contributed by atoms with E-state index in [0.717, 1.165) is 0 Å². The Morgan fingerprint density at radius 2 is 2.38 bits per heavy atom. The Morgan fingerprint density at radius 3 is 2.50 bits per heavy atom.